The molecule has 6 nitrogen and oxygen atoms in total. The number of aryl methyl sites for hydroxylation is 1. The van der Waals surface area contributed by atoms with Crippen molar-refractivity contribution < 1.29 is 14.3 Å². The van der Waals surface area contributed by atoms with Gasteiger partial charge in [0, 0.05) is 24.4 Å². The first-order chi connectivity index (χ1) is 14.5. The van der Waals surface area contributed by atoms with E-state index in [9.17, 15) is 9.59 Å². The third-order valence-corrected chi connectivity index (χ3v) is 5.24. The summed E-state index contributed by atoms with van der Waals surface area (Å²) in [7, 11) is 1.73. The van der Waals surface area contributed by atoms with Crippen LogP contribution in [0.5, 0.6) is 11.5 Å². The van der Waals surface area contributed by atoms with Crippen LogP contribution in [0, 0.1) is 6.92 Å². The average Bonchev–Trinajstić information content (AvgIpc) is 2.73. The highest BCUT2D eigenvalue weighted by molar-refractivity contribution is 5.95. The molecule has 2 heterocycles. The van der Waals surface area contributed by atoms with Crippen molar-refractivity contribution >= 4 is 5.91 Å². The normalized spacial score (nSPS) is 13.6. The van der Waals surface area contributed by atoms with E-state index in [1.54, 1.807) is 28.6 Å². The zero-order chi connectivity index (χ0) is 21.1. The molecule has 0 bridgehead atoms. The van der Waals surface area contributed by atoms with Crippen molar-refractivity contribution in [2.75, 3.05) is 13.1 Å². The SMILES string of the molecule is Cc1cc(OC2CN(C(=O)c3cccc(OCc4ccccc4)c3)C2)cc(=O)n1C. The van der Waals surface area contributed by atoms with Crippen molar-refractivity contribution in [1.82, 2.24) is 9.47 Å². The summed E-state index contributed by atoms with van der Waals surface area (Å²) >= 11 is 0. The van der Waals surface area contributed by atoms with Gasteiger partial charge < -0.3 is 18.9 Å². The van der Waals surface area contributed by atoms with Crippen molar-refractivity contribution in [3.8, 4) is 11.5 Å². The molecule has 1 amide bonds. The number of likely N-dealkylation sites (tertiary alicyclic amines) is 1. The summed E-state index contributed by atoms with van der Waals surface area (Å²) in [4.78, 5) is 26.4. The fourth-order valence-corrected chi connectivity index (χ4v) is 3.32. The van der Waals surface area contributed by atoms with Crippen LogP contribution >= 0.6 is 0 Å². The van der Waals surface area contributed by atoms with Gasteiger partial charge >= 0.3 is 0 Å². The Morgan fingerprint density at radius 3 is 2.50 bits per heavy atom. The lowest BCUT2D eigenvalue weighted by Gasteiger charge is -2.39. The van der Waals surface area contributed by atoms with Crippen LogP contribution < -0.4 is 15.0 Å². The molecule has 0 aliphatic carbocycles. The molecule has 0 spiro atoms. The van der Waals surface area contributed by atoms with E-state index < -0.39 is 0 Å². The fraction of sp³-hybridized carbons (Fsp3) is 0.250. The molecular formula is C24H24N2O4. The summed E-state index contributed by atoms with van der Waals surface area (Å²) in [6.45, 7) is 3.29. The molecule has 30 heavy (non-hydrogen) atoms. The van der Waals surface area contributed by atoms with Crippen LogP contribution in [0.4, 0.5) is 0 Å². The molecule has 4 rings (SSSR count). The van der Waals surface area contributed by atoms with Crippen molar-refractivity contribution in [3.63, 3.8) is 0 Å². The number of rotatable bonds is 6. The highest BCUT2D eigenvalue weighted by Gasteiger charge is 2.33. The molecule has 3 aromatic rings. The number of hydrogen-bond acceptors (Lipinski definition) is 4. The summed E-state index contributed by atoms with van der Waals surface area (Å²) in [5.74, 6) is 1.15. The molecule has 1 aliphatic rings. The summed E-state index contributed by atoms with van der Waals surface area (Å²) in [6, 6.07) is 20.4. The van der Waals surface area contributed by atoms with Gasteiger partial charge in [0.25, 0.3) is 11.5 Å². The number of ether oxygens (including phenoxy) is 2. The maximum absolute atomic E-state index is 12.8. The molecule has 0 unspecified atom stereocenters. The number of hydrogen-bond donors (Lipinski definition) is 0. The van der Waals surface area contributed by atoms with Crippen LogP contribution in [-0.2, 0) is 13.7 Å². The van der Waals surface area contributed by atoms with Gasteiger partial charge in [0.2, 0.25) is 0 Å². The first-order valence-corrected chi connectivity index (χ1v) is 9.90. The number of aromatic nitrogens is 1. The van der Waals surface area contributed by atoms with Crippen molar-refractivity contribution in [1.29, 1.82) is 0 Å². The van der Waals surface area contributed by atoms with E-state index in [1.807, 2.05) is 55.5 Å². The molecule has 6 heteroatoms. The molecule has 1 fully saturated rings. The van der Waals surface area contributed by atoms with Crippen LogP contribution in [0.15, 0.2) is 71.5 Å². The summed E-state index contributed by atoms with van der Waals surface area (Å²) < 4.78 is 13.2. The van der Waals surface area contributed by atoms with Crippen molar-refractivity contribution in [3.05, 3.63) is 93.9 Å². The summed E-state index contributed by atoms with van der Waals surface area (Å²) in [6.07, 6.45) is -0.113. The van der Waals surface area contributed by atoms with Gasteiger partial charge in [-0.25, -0.2) is 0 Å². The van der Waals surface area contributed by atoms with Gasteiger partial charge in [-0.05, 0) is 36.8 Å². The molecule has 0 atom stereocenters. The van der Waals surface area contributed by atoms with Crippen LogP contribution in [-0.4, -0.2) is 34.6 Å². The molecule has 2 aromatic carbocycles. The second kappa shape index (κ2) is 8.45. The molecule has 1 saturated heterocycles. The second-order valence-electron chi connectivity index (χ2n) is 7.48. The second-order valence-corrected chi connectivity index (χ2v) is 7.48. The molecule has 0 radical (unpaired) electrons. The largest absolute Gasteiger partial charge is 0.489 e. The molecule has 0 saturated carbocycles. The first-order valence-electron chi connectivity index (χ1n) is 9.90. The number of pyridine rings is 1. The van der Waals surface area contributed by atoms with Gasteiger partial charge in [-0.15, -0.1) is 0 Å². The molecule has 154 valence electrons. The van der Waals surface area contributed by atoms with E-state index >= 15 is 0 Å². The van der Waals surface area contributed by atoms with Crippen LogP contribution in [0.25, 0.3) is 0 Å². The number of benzene rings is 2. The zero-order valence-electron chi connectivity index (χ0n) is 17.1. The lowest BCUT2D eigenvalue weighted by Crippen LogP contribution is -2.56. The van der Waals surface area contributed by atoms with E-state index in [2.05, 4.69) is 0 Å². The van der Waals surface area contributed by atoms with Crippen LogP contribution in [0.1, 0.15) is 21.6 Å². The predicted molar refractivity (Wildman–Crippen MR) is 114 cm³/mol. The van der Waals surface area contributed by atoms with Crippen molar-refractivity contribution in [2.24, 2.45) is 7.05 Å². The van der Waals surface area contributed by atoms with E-state index in [1.165, 1.54) is 6.07 Å². The third kappa shape index (κ3) is 4.38. The molecular weight excluding hydrogens is 380 g/mol. The lowest BCUT2D eigenvalue weighted by atomic mass is 10.1. The Hall–Kier alpha value is -3.54. The van der Waals surface area contributed by atoms with Gasteiger partial charge in [-0.2, -0.15) is 0 Å². The fourth-order valence-electron chi connectivity index (χ4n) is 3.32. The predicted octanol–water partition coefficient (Wildman–Crippen LogP) is 3.18. The Bertz CT molecular complexity index is 1100. The van der Waals surface area contributed by atoms with Gasteiger partial charge in [0.05, 0.1) is 13.1 Å². The lowest BCUT2D eigenvalue weighted by molar-refractivity contribution is 0.0176. The molecule has 1 aromatic heterocycles. The number of nitrogens with zero attached hydrogens (tertiary/aromatic N) is 2. The monoisotopic (exact) mass is 404 g/mol. The summed E-state index contributed by atoms with van der Waals surface area (Å²) in [5, 5.41) is 0. The maximum Gasteiger partial charge on any atom is 0.254 e. The summed E-state index contributed by atoms with van der Waals surface area (Å²) in [5.41, 5.74) is 2.38. The number of carbonyl (C=O) groups is 1. The highest BCUT2D eigenvalue weighted by atomic mass is 16.5. The molecule has 0 N–H and O–H groups in total. The molecule has 1 aliphatic heterocycles. The van der Waals surface area contributed by atoms with E-state index in [4.69, 9.17) is 9.47 Å². The van der Waals surface area contributed by atoms with Gasteiger partial charge in [0.15, 0.2) is 0 Å². The Morgan fingerprint density at radius 1 is 1.00 bits per heavy atom. The highest BCUT2D eigenvalue weighted by Crippen LogP contribution is 2.22. The van der Waals surface area contributed by atoms with Gasteiger partial charge in [-0.3, -0.25) is 9.59 Å². The van der Waals surface area contributed by atoms with E-state index in [0.29, 0.717) is 36.8 Å². The third-order valence-electron chi connectivity index (χ3n) is 5.24. The minimum absolute atomic E-state index is 0.0554. The standard InChI is InChI=1S/C24H24N2O4/c1-17-11-21(13-23(27)25(17)2)30-22-14-26(15-22)24(28)19-9-6-10-20(12-19)29-16-18-7-4-3-5-8-18/h3-13,22H,14-16H2,1-2H3. The minimum atomic E-state index is -0.113. The van der Waals surface area contributed by atoms with E-state index in [-0.39, 0.29) is 17.6 Å². The van der Waals surface area contributed by atoms with Crippen LogP contribution in [0.2, 0.25) is 0 Å². The topological polar surface area (TPSA) is 60.8 Å². The van der Waals surface area contributed by atoms with Crippen molar-refractivity contribution in [2.45, 2.75) is 19.6 Å². The Kier molecular flexibility index (Phi) is 5.57. The number of amides is 1. The van der Waals surface area contributed by atoms with Gasteiger partial charge in [0.1, 0.15) is 24.2 Å². The Labute approximate surface area is 175 Å². The van der Waals surface area contributed by atoms with Gasteiger partial charge in [-0.1, -0.05) is 36.4 Å². The van der Waals surface area contributed by atoms with Crippen LogP contribution in [0.3, 0.4) is 0 Å². The first kappa shape index (κ1) is 19.8. The quantitative estimate of drug-likeness (QED) is 0.633. The average molecular weight is 404 g/mol. The van der Waals surface area contributed by atoms with E-state index in [0.717, 1.165) is 11.3 Å². The number of carbonyl (C=O) groups excluding carboxylic acids is 1. The Morgan fingerprint density at radius 2 is 1.77 bits per heavy atom. The minimum Gasteiger partial charge on any atom is -0.489 e. The smallest absolute Gasteiger partial charge is 0.254 e. The maximum atomic E-state index is 12.8. The zero-order valence-corrected chi connectivity index (χ0v) is 17.1. The Balaban J connectivity index is 1.33.